The van der Waals surface area contributed by atoms with Gasteiger partial charge in [-0.25, -0.2) is 14.4 Å². The molecule has 3 nitrogen and oxygen atoms in total. The maximum atomic E-state index is 13.9. The molecule has 0 aliphatic heterocycles. The topological polar surface area (TPSA) is 35.0 Å². The van der Waals surface area contributed by atoms with Gasteiger partial charge in [0, 0.05) is 17.2 Å². The van der Waals surface area contributed by atoms with Crippen molar-refractivity contribution >= 4 is 11.6 Å². The number of hydrogen-bond donors (Lipinski definition) is 0. The van der Waals surface area contributed by atoms with Gasteiger partial charge in [-0.3, -0.25) is 0 Å². The lowest BCUT2D eigenvalue weighted by Crippen LogP contribution is -1.95. The van der Waals surface area contributed by atoms with Gasteiger partial charge in [-0.1, -0.05) is 11.6 Å². The van der Waals surface area contributed by atoms with E-state index in [1.807, 2.05) is 0 Å². The standard InChI is InChI=1S/C12H10ClFN2O/c1-7-11(15-6-16-12(7)13)9-4-3-8(17-2)5-10(9)14/h3-6H,1-2H3. The SMILES string of the molecule is COc1ccc(-c2ncnc(Cl)c2C)c(F)c1. The maximum Gasteiger partial charge on any atom is 0.136 e. The molecule has 0 radical (unpaired) electrons. The fourth-order valence-electron chi connectivity index (χ4n) is 1.52. The Hall–Kier alpha value is -1.68. The lowest BCUT2D eigenvalue weighted by atomic mass is 10.1. The molecule has 0 bridgehead atoms. The van der Waals surface area contributed by atoms with E-state index in [1.165, 1.54) is 19.5 Å². The lowest BCUT2D eigenvalue weighted by molar-refractivity contribution is 0.411. The van der Waals surface area contributed by atoms with Crippen molar-refractivity contribution in [2.24, 2.45) is 0 Å². The smallest absolute Gasteiger partial charge is 0.136 e. The molecule has 2 aromatic rings. The Kier molecular flexibility index (Phi) is 3.24. The average Bonchev–Trinajstić information content (AvgIpc) is 2.33. The second-order valence-electron chi connectivity index (χ2n) is 3.48. The van der Waals surface area contributed by atoms with Gasteiger partial charge in [0.1, 0.15) is 23.0 Å². The molecule has 0 aliphatic rings. The Morgan fingerprint density at radius 2 is 2.06 bits per heavy atom. The fourth-order valence-corrected chi connectivity index (χ4v) is 1.65. The van der Waals surface area contributed by atoms with E-state index in [-0.39, 0.29) is 0 Å². The third-order valence-corrected chi connectivity index (χ3v) is 2.83. The number of ether oxygens (including phenoxy) is 1. The second kappa shape index (κ2) is 4.67. The Labute approximate surface area is 103 Å². The van der Waals surface area contributed by atoms with Crippen LogP contribution < -0.4 is 4.74 Å². The Bertz CT molecular complexity index is 560. The number of halogens is 2. The Morgan fingerprint density at radius 3 is 2.71 bits per heavy atom. The molecule has 0 amide bonds. The van der Waals surface area contributed by atoms with E-state index in [4.69, 9.17) is 16.3 Å². The number of benzene rings is 1. The molecule has 1 heterocycles. The van der Waals surface area contributed by atoms with Gasteiger partial charge < -0.3 is 4.74 Å². The molecule has 88 valence electrons. The summed E-state index contributed by atoms with van der Waals surface area (Å²) in [7, 11) is 1.49. The van der Waals surface area contributed by atoms with E-state index in [9.17, 15) is 4.39 Å². The first-order valence-electron chi connectivity index (χ1n) is 4.94. The predicted octanol–water partition coefficient (Wildman–Crippen LogP) is 3.25. The second-order valence-corrected chi connectivity index (χ2v) is 3.84. The molecule has 1 aromatic carbocycles. The molecule has 0 saturated heterocycles. The summed E-state index contributed by atoms with van der Waals surface area (Å²) in [6.45, 7) is 1.75. The van der Waals surface area contributed by atoms with Crippen molar-refractivity contribution < 1.29 is 9.13 Å². The van der Waals surface area contributed by atoms with Crippen LogP contribution in [-0.4, -0.2) is 17.1 Å². The van der Waals surface area contributed by atoms with Crippen LogP contribution in [0, 0.1) is 12.7 Å². The maximum absolute atomic E-state index is 13.9. The van der Waals surface area contributed by atoms with Crippen molar-refractivity contribution in [2.45, 2.75) is 6.92 Å². The van der Waals surface area contributed by atoms with Crippen LogP contribution in [0.3, 0.4) is 0 Å². The van der Waals surface area contributed by atoms with E-state index in [1.54, 1.807) is 19.1 Å². The molecule has 0 atom stereocenters. The predicted molar refractivity (Wildman–Crippen MR) is 63.7 cm³/mol. The van der Waals surface area contributed by atoms with Gasteiger partial charge in [0.2, 0.25) is 0 Å². The largest absolute Gasteiger partial charge is 0.497 e. The molecular weight excluding hydrogens is 243 g/mol. The Balaban J connectivity index is 2.57. The van der Waals surface area contributed by atoms with Crippen LogP contribution in [0.15, 0.2) is 24.5 Å². The minimum absolute atomic E-state index is 0.324. The summed E-state index contributed by atoms with van der Waals surface area (Å²) < 4.78 is 18.8. The van der Waals surface area contributed by atoms with Crippen LogP contribution in [0.5, 0.6) is 5.75 Å². The number of rotatable bonds is 2. The quantitative estimate of drug-likeness (QED) is 0.770. The highest BCUT2D eigenvalue weighted by atomic mass is 35.5. The van der Waals surface area contributed by atoms with Gasteiger partial charge in [-0.2, -0.15) is 0 Å². The van der Waals surface area contributed by atoms with Gasteiger partial charge >= 0.3 is 0 Å². The van der Waals surface area contributed by atoms with Crippen molar-refractivity contribution in [3.63, 3.8) is 0 Å². The van der Waals surface area contributed by atoms with Crippen molar-refractivity contribution in [1.29, 1.82) is 0 Å². The van der Waals surface area contributed by atoms with E-state index in [0.29, 0.717) is 27.7 Å². The fraction of sp³-hybridized carbons (Fsp3) is 0.167. The minimum atomic E-state index is -0.401. The van der Waals surface area contributed by atoms with Crippen molar-refractivity contribution in [3.8, 4) is 17.0 Å². The van der Waals surface area contributed by atoms with Crippen LogP contribution >= 0.6 is 11.6 Å². The summed E-state index contributed by atoms with van der Waals surface area (Å²) in [5, 5.41) is 0.324. The van der Waals surface area contributed by atoms with Gasteiger partial charge in [-0.15, -0.1) is 0 Å². The van der Waals surface area contributed by atoms with Gasteiger partial charge in [-0.05, 0) is 19.1 Å². The highest BCUT2D eigenvalue weighted by Gasteiger charge is 2.12. The molecule has 0 unspecified atom stereocenters. The van der Waals surface area contributed by atoms with E-state index in [0.717, 1.165) is 0 Å². The highest BCUT2D eigenvalue weighted by Crippen LogP contribution is 2.28. The summed E-state index contributed by atoms with van der Waals surface area (Å²) in [5.41, 5.74) is 1.52. The molecule has 0 aliphatic carbocycles. The van der Waals surface area contributed by atoms with Gasteiger partial charge in [0.25, 0.3) is 0 Å². The van der Waals surface area contributed by atoms with Crippen LogP contribution in [0.4, 0.5) is 4.39 Å². The normalized spacial score (nSPS) is 10.4. The molecular formula is C12H10ClFN2O. The summed E-state index contributed by atoms with van der Waals surface area (Å²) >= 11 is 5.88. The molecule has 0 fully saturated rings. The van der Waals surface area contributed by atoms with Crippen LogP contribution in [0.1, 0.15) is 5.56 Å². The highest BCUT2D eigenvalue weighted by molar-refractivity contribution is 6.30. The van der Waals surface area contributed by atoms with Crippen LogP contribution in [-0.2, 0) is 0 Å². The molecule has 0 spiro atoms. The number of hydrogen-bond acceptors (Lipinski definition) is 3. The molecule has 0 N–H and O–H groups in total. The summed E-state index contributed by atoms with van der Waals surface area (Å²) in [6.07, 6.45) is 1.31. The summed E-state index contributed by atoms with van der Waals surface area (Å²) in [5.74, 6) is 0.0614. The minimum Gasteiger partial charge on any atom is -0.497 e. The van der Waals surface area contributed by atoms with Crippen molar-refractivity contribution in [3.05, 3.63) is 41.1 Å². The third-order valence-electron chi connectivity index (χ3n) is 2.45. The van der Waals surface area contributed by atoms with E-state index in [2.05, 4.69) is 9.97 Å². The molecule has 1 aromatic heterocycles. The van der Waals surface area contributed by atoms with Gasteiger partial charge in [0.05, 0.1) is 12.8 Å². The third kappa shape index (κ3) is 2.22. The zero-order chi connectivity index (χ0) is 12.4. The van der Waals surface area contributed by atoms with Gasteiger partial charge in [0.15, 0.2) is 0 Å². The van der Waals surface area contributed by atoms with E-state index >= 15 is 0 Å². The van der Waals surface area contributed by atoms with Crippen molar-refractivity contribution in [1.82, 2.24) is 9.97 Å². The monoisotopic (exact) mass is 252 g/mol. The van der Waals surface area contributed by atoms with Crippen LogP contribution in [0.25, 0.3) is 11.3 Å². The molecule has 0 saturated carbocycles. The first-order chi connectivity index (χ1) is 8.13. The number of aromatic nitrogens is 2. The number of nitrogens with zero attached hydrogens (tertiary/aromatic N) is 2. The number of methoxy groups -OCH3 is 1. The molecule has 17 heavy (non-hydrogen) atoms. The molecule has 2 rings (SSSR count). The first-order valence-corrected chi connectivity index (χ1v) is 5.32. The summed E-state index contributed by atoms with van der Waals surface area (Å²) in [6, 6.07) is 4.60. The van der Waals surface area contributed by atoms with E-state index < -0.39 is 5.82 Å². The Morgan fingerprint density at radius 1 is 1.29 bits per heavy atom. The van der Waals surface area contributed by atoms with Crippen molar-refractivity contribution in [2.75, 3.05) is 7.11 Å². The summed E-state index contributed by atoms with van der Waals surface area (Å²) in [4.78, 5) is 7.88. The zero-order valence-corrected chi connectivity index (χ0v) is 10.1. The molecule has 5 heteroatoms. The zero-order valence-electron chi connectivity index (χ0n) is 9.37. The lowest BCUT2D eigenvalue weighted by Gasteiger charge is -2.08. The first kappa shape index (κ1) is 11.8. The van der Waals surface area contributed by atoms with Crippen LogP contribution in [0.2, 0.25) is 5.15 Å². The average molecular weight is 253 g/mol.